The van der Waals surface area contributed by atoms with Crippen molar-refractivity contribution >= 4 is 10.9 Å². The Morgan fingerprint density at radius 1 is 1.24 bits per heavy atom. The molecule has 2 N–H and O–H groups in total. The van der Waals surface area contributed by atoms with E-state index in [1.165, 1.54) is 12.1 Å². The van der Waals surface area contributed by atoms with Crippen molar-refractivity contribution in [2.45, 2.75) is 18.9 Å². The van der Waals surface area contributed by atoms with Gasteiger partial charge in [-0.25, -0.2) is 14.4 Å². The molecule has 0 spiro atoms. The van der Waals surface area contributed by atoms with Crippen molar-refractivity contribution in [3.05, 3.63) is 46.5 Å². The quantitative estimate of drug-likeness (QED) is 0.651. The first-order chi connectivity index (χ1) is 14.1. The fourth-order valence-electron chi connectivity index (χ4n) is 3.10. The summed E-state index contributed by atoms with van der Waals surface area (Å²) in [4.78, 5) is 23.9. The van der Waals surface area contributed by atoms with Crippen LogP contribution >= 0.6 is 0 Å². The predicted octanol–water partition coefficient (Wildman–Crippen LogP) is 2.05. The first-order valence-electron chi connectivity index (χ1n) is 9.33. The number of ether oxygens (including phenoxy) is 3. The normalized spacial score (nSPS) is 14.8. The van der Waals surface area contributed by atoms with Gasteiger partial charge in [0, 0.05) is 25.0 Å². The van der Waals surface area contributed by atoms with Crippen LogP contribution in [0.3, 0.4) is 0 Å². The molecule has 3 aromatic rings. The second kappa shape index (κ2) is 8.54. The van der Waals surface area contributed by atoms with Crippen LogP contribution in [0.15, 0.2) is 35.1 Å². The number of nitrogens with one attached hydrogen (secondary N) is 1. The number of halogens is 1. The lowest BCUT2D eigenvalue weighted by molar-refractivity contribution is 0.0241. The summed E-state index contributed by atoms with van der Waals surface area (Å²) in [5.41, 5.74) is 0.136. The molecular weight excluding hydrogens is 381 g/mol. The molecule has 0 bridgehead atoms. The van der Waals surface area contributed by atoms with Crippen LogP contribution in [0.4, 0.5) is 4.39 Å². The molecule has 9 heteroatoms. The highest BCUT2D eigenvalue weighted by atomic mass is 19.1. The molecule has 29 heavy (non-hydrogen) atoms. The molecule has 0 amide bonds. The number of aliphatic hydroxyl groups excluding tert-OH is 1. The fraction of sp³-hybridized carbons (Fsp3) is 0.350. The second-order valence-corrected chi connectivity index (χ2v) is 6.58. The Balaban J connectivity index is 1.67. The van der Waals surface area contributed by atoms with Crippen LogP contribution in [0.25, 0.3) is 22.4 Å². The molecule has 0 unspecified atom stereocenters. The zero-order valence-electron chi connectivity index (χ0n) is 15.6. The van der Waals surface area contributed by atoms with Crippen LogP contribution < -0.4 is 15.0 Å². The minimum atomic E-state index is -0.582. The maximum absolute atomic E-state index is 14.6. The van der Waals surface area contributed by atoms with Gasteiger partial charge in [0.1, 0.15) is 18.4 Å². The van der Waals surface area contributed by atoms with Crippen molar-refractivity contribution in [1.29, 1.82) is 0 Å². The van der Waals surface area contributed by atoms with Gasteiger partial charge in [-0.05, 0) is 12.1 Å². The summed E-state index contributed by atoms with van der Waals surface area (Å²) in [7, 11) is 0. The van der Waals surface area contributed by atoms with E-state index in [1.807, 2.05) is 0 Å². The average Bonchev–Trinajstić information content (AvgIpc) is 2.74. The Bertz CT molecular complexity index is 1070. The number of fused-ring (bicyclic) bond motifs is 1. The second-order valence-electron chi connectivity index (χ2n) is 6.58. The van der Waals surface area contributed by atoms with Crippen molar-refractivity contribution in [1.82, 2.24) is 15.0 Å². The van der Waals surface area contributed by atoms with Crippen LogP contribution in [0.1, 0.15) is 12.8 Å². The molecule has 1 aliphatic heterocycles. The number of aromatic nitrogens is 3. The lowest BCUT2D eigenvalue weighted by Crippen LogP contribution is -2.26. The van der Waals surface area contributed by atoms with Gasteiger partial charge in [0.2, 0.25) is 5.88 Å². The van der Waals surface area contributed by atoms with Crippen molar-refractivity contribution in [3.8, 4) is 23.1 Å². The maximum Gasteiger partial charge on any atom is 0.259 e. The number of aromatic amines is 1. The Kier molecular flexibility index (Phi) is 5.68. The first-order valence-corrected chi connectivity index (χ1v) is 9.33. The fourth-order valence-corrected chi connectivity index (χ4v) is 3.10. The SMILES string of the molecule is O=c1[nH]c(-c2cccc(OCCO)n2)nc2cc(F)c(OC3CCOCC3)cc12. The standard InChI is InChI=1S/C20H20FN3O5/c21-14-11-16-13(10-17(14)29-12-4-7-27-8-5-12)20(26)24-19(23-16)15-2-1-3-18(22-15)28-9-6-25/h1-3,10-12,25H,4-9H2,(H,23,24,26). The summed E-state index contributed by atoms with van der Waals surface area (Å²) in [5.74, 6) is -0.0804. The van der Waals surface area contributed by atoms with E-state index in [1.54, 1.807) is 18.2 Å². The Labute approximate surface area is 165 Å². The number of aliphatic hydroxyl groups is 1. The molecule has 0 saturated carbocycles. The van der Waals surface area contributed by atoms with Gasteiger partial charge < -0.3 is 24.3 Å². The van der Waals surface area contributed by atoms with E-state index in [-0.39, 0.29) is 47.7 Å². The first kappa shape index (κ1) is 19.3. The van der Waals surface area contributed by atoms with Gasteiger partial charge in [-0.1, -0.05) is 6.07 Å². The molecule has 8 nitrogen and oxygen atoms in total. The molecule has 1 fully saturated rings. The zero-order valence-corrected chi connectivity index (χ0v) is 15.6. The molecule has 1 aliphatic rings. The smallest absolute Gasteiger partial charge is 0.259 e. The third-order valence-electron chi connectivity index (χ3n) is 4.53. The molecular formula is C20H20FN3O5. The topological polar surface area (TPSA) is 107 Å². The molecule has 3 heterocycles. The zero-order chi connectivity index (χ0) is 20.2. The van der Waals surface area contributed by atoms with Gasteiger partial charge >= 0.3 is 0 Å². The van der Waals surface area contributed by atoms with Gasteiger partial charge in [0.25, 0.3) is 5.56 Å². The Morgan fingerprint density at radius 3 is 2.86 bits per heavy atom. The van der Waals surface area contributed by atoms with Gasteiger partial charge in [-0.3, -0.25) is 4.79 Å². The van der Waals surface area contributed by atoms with Crippen LogP contribution in [0.2, 0.25) is 0 Å². The van der Waals surface area contributed by atoms with Crippen molar-refractivity contribution in [3.63, 3.8) is 0 Å². The van der Waals surface area contributed by atoms with Gasteiger partial charge in [0.05, 0.1) is 30.7 Å². The molecule has 2 aromatic heterocycles. The molecule has 152 valence electrons. The predicted molar refractivity (Wildman–Crippen MR) is 103 cm³/mol. The minimum absolute atomic E-state index is 0.0296. The molecule has 1 saturated heterocycles. The third kappa shape index (κ3) is 4.36. The Hall–Kier alpha value is -3.04. The highest BCUT2D eigenvalue weighted by Gasteiger charge is 2.19. The van der Waals surface area contributed by atoms with E-state index in [0.29, 0.717) is 31.7 Å². The highest BCUT2D eigenvalue weighted by molar-refractivity contribution is 5.81. The number of nitrogens with zero attached hydrogens (tertiary/aromatic N) is 2. The molecule has 0 atom stereocenters. The monoisotopic (exact) mass is 401 g/mol. The maximum atomic E-state index is 14.6. The Morgan fingerprint density at radius 2 is 2.07 bits per heavy atom. The van der Waals surface area contributed by atoms with Gasteiger partial charge in [-0.15, -0.1) is 0 Å². The van der Waals surface area contributed by atoms with E-state index in [2.05, 4.69) is 15.0 Å². The van der Waals surface area contributed by atoms with E-state index in [4.69, 9.17) is 19.3 Å². The largest absolute Gasteiger partial charge is 0.487 e. The van der Waals surface area contributed by atoms with Crippen LogP contribution in [-0.4, -0.2) is 52.6 Å². The van der Waals surface area contributed by atoms with Gasteiger partial charge in [0.15, 0.2) is 17.4 Å². The lowest BCUT2D eigenvalue weighted by Gasteiger charge is -2.23. The molecule has 0 radical (unpaired) electrons. The summed E-state index contributed by atoms with van der Waals surface area (Å²) in [6.45, 7) is 1.09. The molecule has 0 aliphatic carbocycles. The molecule has 4 rings (SSSR count). The number of pyridine rings is 1. The summed E-state index contributed by atoms with van der Waals surface area (Å²) in [6.07, 6.45) is 1.20. The third-order valence-corrected chi connectivity index (χ3v) is 4.53. The highest BCUT2D eigenvalue weighted by Crippen LogP contribution is 2.26. The van der Waals surface area contributed by atoms with Crippen molar-refractivity contribution in [2.24, 2.45) is 0 Å². The number of hydrogen-bond donors (Lipinski definition) is 2. The van der Waals surface area contributed by atoms with Crippen LogP contribution in [0.5, 0.6) is 11.6 Å². The van der Waals surface area contributed by atoms with E-state index in [9.17, 15) is 9.18 Å². The number of rotatable bonds is 6. The van der Waals surface area contributed by atoms with Crippen molar-refractivity contribution < 1.29 is 23.7 Å². The summed E-state index contributed by atoms with van der Waals surface area (Å²) in [6, 6.07) is 7.52. The minimum Gasteiger partial charge on any atom is -0.487 e. The van der Waals surface area contributed by atoms with E-state index < -0.39 is 11.4 Å². The number of H-pyrrole nitrogens is 1. The lowest BCUT2D eigenvalue weighted by atomic mass is 10.1. The van der Waals surface area contributed by atoms with Crippen LogP contribution in [0, 0.1) is 5.82 Å². The summed E-state index contributed by atoms with van der Waals surface area (Å²) < 4.78 is 30.9. The summed E-state index contributed by atoms with van der Waals surface area (Å²) >= 11 is 0. The average molecular weight is 401 g/mol. The summed E-state index contributed by atoms with van der Waals surface area (Å²) in [5, 5.41) is 9.08. The molecule has 1 aromatic carbocycles. The number of hydrogen-bond acceptors (Lipinski definition) is 7. The van der Waals surface area contributed by atoms with E-state index >= 15 is 0 Å². The van der Waals surface area contributed by atoms with Crippen LogP contribution in [-0.2, 0) is 4.74 Å². The van der Waals surface area contributed by atoms with Gasteiger partial charge in [-0.2, -0.15) is 0 Å². The van der Waals surface area contributed by atoms with E-state index in [0.717, 1.165) is 0 Å². The number of benzene rings is 1. The van der Waals surface area contributed by atoms with Crippen molar-refractivity contribution in [2.75, 3.05) is 26.4 Å².